The quantitative estimate of drug-likeness (QED) is 0.725. The maximum Gasteiger partial charge on any atom is 0.410 e. The van der Waals surface area contributed by atoms with Crippen LogP contribution in [0, 0.1) is 0 Å². The highest BCUT2D eigenvalue weighted by atomic mass is 32.2. The van der Waals surface area contributed by atoms with E-state index >= 15 is 0 Å². The van der Waals surface area contributed by atoms with Crippen molar-refractivity contribution < 1.29 is 36.0 Å². The molecule has 0 aromatic carbocycles. The Hall–Kier alpha value is -1.00. The van der Waals surface area contributed by atoms with Gasteiger partial charge < -0.3 is 14.4 Å². The first-order chi connectivity index (χ1) is 7.74. The van der Waals surface area contributed by atoms with E-state index in [9.17, 15) is 22.0 Å². The summed E-state index contributed by atoms with van der Waals surface area (Å²) in [7, 11) is -5.58. The van der Waals surface area contributed by atoms with Gasteiger partial charge in [-0.2, -0.15) is 17.2 Å². The number of carbonyl (C=O) groups is 1. The average Bonchev–Trinajstić information content (AvgIpc) is 2.25. The van der Waals surface area contributed by atoms with Gasteiger partial charge in [0.05, 0.1) is 13.2 Å². The number of nitrogens with zero attached hydrogens (tertiary/aromatic N) is 1. The Morgan fingerprint density at radius 2 is 1.94 bits per heavy atom. The number of hydrogen-bond donors (Lipinski definition) is 1. The van der Waals surface area contributed by atoms with Gasteiger partial charge in [-0.1, -0.05) is 0 Å². The van der Waals surface area contributed by atoms with E-state index < -0.39 is 28.1 Å². The van der Waals surface area contributed by atoms with Crippen LogP contribution in [0.4, 0.5) is 13.6 Å². The van der Waals surface area contributed by atoms with E-state index in [1.54, 1.807) is 0 Å². The van der Waals surface area contributed by atoms with Crippen molar-refractivity contribution in [3.05, 3.63) is 0 Å². The summed E-state index contributed by atoms with van der Waals surface area (Å²) in [5, 5.41) is -4.51. The summed E-state index contributed by atoms with van der Waals surface area (Å²) in [6.45, 7) is -0.859. The fourth-order valence-corrected chi connectivity index (χ4v) is 1.27. The van der Waals surface area contributed by atoms with Crippen molar-refractivity contribution >= 4 is 16.2 Å². The first-order valence-electron chi connectivity index (χ1n) is 4.58. The van der Waals surface area contributed by atoms with Gasteiger partial charge in [-0.25, -0.2) is 4.79 Å². The summed E-state index contributed by atoms with van der Waals surface area (Å²) in [4.78, 5) is 12.3. The molecule has 7 nitrogen and oxygen atoms in total. The third kappa shape index (κ3) is 3.75. The van der Waals surface area contributed by atoms with Crippen molar-refractivity contribution in [2.45, 2.75) is 5.25 Å². The highest BCUT2D eigenvalue weighted by Crippen LogP contribution is 2.20. The van der Waals surface area contributed by atoms with Crippen molar-refractivity contribution in [3.8, 4) is 0 Å². The van der Waals surface area contributed by atoms with E-state index in [0.29, 0.717) is 0 Å². The molecular weight excluding hydrogens is 264 g/mol. The van der Waals surface area contributed by atoms with Gasteiger partial charge in [-0.15, -0.1) is 0 Å². The summed E-state index contributed by atoms with van der Waals surface area (Å²) < 4.78 is 63.0. The van der Waals surface area contributed by atoms with Crippen LogP contribution in [0.5, 0.6) is 0 Å². The molecule has 0 radical (unpaired) electrons. The highest BCUT2D eigenvalue weighted by Gasteiger charge is 2.45. The van der Waals surface area contributed by atoms with Gasteiger partial charge in [0.2, 0.25) is 0 Å². The second-order valence-corrected chi connectivity index (χ2v) is 4.81. The number of hydrogen-bond acceptors (Lipinski definition) is 5. The standard InChI is InChI=1S/C7H11F2NO6S/c8-7(9,17(12,13)14)5-16-6(11)10-1-3-15-4-2-10/h1-5H2,(H,12,13,14). The van der Waals surface area contributed by atoms with Gasteiger partial charge in [0.25, 0.3) is 0 Å². The largest absolute Gasteiger partial charge is 0.442 e. The van der Waals surface area contributed by atoms with Gasteiger partial charge in [0.15, 0.2) is 6.61 Å². The summed E-state index contributed by atoms with van der Waals surface area (Å²) >= 11 is 0. The first kappa shape index (κ1) is 14.1. The van der Waals surface area contributed by atoms with Crippen LogP contribution in [0.3, 0.4) is 0 Å². The number of halogens is 2. The van der Waals surface area contributed by atoms with Crippen molar-refractivity contribution in [1.29, 1.82) is 0 Å². The van der Waals surface area contributed by atoms with Crippen molar-refractivity contribution in [3.63, 3.8) is 0 Å². The van der Waals surface area contributed by atoms with E-state index in [-0.39, 0.29) is 26.3 Å². The van der Waals surface area contributed by atoms with Crippen LogP contribution in [-0.4, -0.2) is 62.1 Å². The van der Waals surface area contributed by atoms with Crippen LogP contribution in [0.15, 0.2) is 0 Å². The SMILES string of the molecule is O=C(OCC(F)(F)S(=O)(=O)O)N1CCOCC1. The normalized spacial score (nSPS) is 17.9. The van der Waals surface area contributed by atoms with Crippen LogP contribution in [0.25, 0.3) is 0 Å². The minimum absolute atomic E-state index is 0.177. The van der Waals surface area contributed by atoms with Crippen LogP contribution < -0.4 is 0 Å². The Morgan fingerprint density at radius 1 is 1.41 bits per heavy atom. The molecule has 0 atom stereocenters. The lowest BCUT2D eigenvalue weighted by molar-refractivity contribution is -0.0170. The molecule has 1 saturated heterocycles. The highest BCUT2D eigenvalue weighted by molar-refractivity contribution is 7.86. The van der Waals surface area contributed by atoms with E-state index in [0.717, 1.165) is 4.90 Å². The lowest BCUT2D eigenvalue weighted by atomic mass is 10.5. The summed E-state index contributed by atoms with van der Waals surface area (Å²) in [5.74, 6) is 0. The Bertz CT molecular complexity index is 378. The topological polar surface area (TPSA) is 93.1 Å². The molecule has 1 aliphatic heterocycles. The zero-order valence-electron chi connectivity index (χ0n) is 8.64. The monoisotopic (exact) mass is 275 g/mol. The van der Waals surface area contributed by atoms with Gasteiger partial charge in [0.1, 0.15) is 0 Å². The molecule has 1 aliphatic rings. The average molecular weight is 275 g/mol. The minimum Gasteiger partial charge on any atom is -0.442 e. The number of ether oxygens (including phenoxy) is 2. The minimum atomic E-state index is -5.58. The lowest BCUT2D eigenvalue weighted by Gasteiger charge is -2.26. The summed E-state index contributed by atoms with van der Waals surface area (Å²) in [6, 6.07) is 0. The molecule has 0 aromatic rings. The van der Waals surface area contributed by atoms with E-state index in [1.807, 2.05) is 0 Å². The Balaban J connectivity index is 2.47. The molecule has 0 aliphatic carbocycles. The Labute approximate surface area is 96.0 Å². The fourth-order valence-electron chi connectivity index (χ4n) is 1.06. The fraction of sp³-hybridized carbons (Fsp3) is 0.857. The first-order valence-corrected chi connectivity index (χ1v) is 6.02. The number of rotatable bonds is 3. The van der Waals surface area contributed by atoms with Crippen molar-refractivity contribution in [1.82, 2.24) is 4.90 Å². The van der Waals surface area contributed by atoms with Gasteiger partial charge in [-0.05, 0) is 0 Å². The zero-order chi connectivity index (χ0) is 13.1. The Morgan fingerprint density at radius 3 is 2.41 bits per heavy atom. The number of alkyl halides is 2. The van der Waals surface area contributed by atoms with Crippen LogP contribution >= 0.6 is 0 Å². The second kappa shape index (κ2) is 5.10. The molecule has 1 heterocycles. The van der Waals surface area contributed by atoms with E-state index in [4.69, 9.17) is 9.29 Å². The molecule has 10 heteroatoms. The maximum atomic E-state index is 12.7. The molecule has 1 fully saturated rings. The zero-order valence-corrected chi connectivity index (χ0v) is 9.45. The molecule has 17 heavy (non-hydrogen) atoms. The number of amides is 1. The molecule has 100 valence electrons. The lowest BCUT2D eigenvalue weighted by Crippen LogP contribution is -2.43. The molecule has 1 N–H and O–H groups in total. The Kier molecular flexibility index (Phi) is 4.22. The number of carbonyl (C=O) groups excluding carboxylic acids is 1. The third-order valence-corrected chi connectivity index (χ3v) is 2.88. The smallest absolute Gasteiger partial charge is 0.410 e. The molecule has 0 spiro atoms. The predicted octanol–water partition coefficient (Wildman–Crippen LogP) is -0.0642. The predicted molar refractivity (Wildman–Crippen MR) is 50.2 cm³/mol. The second-order valence-electron chi connectivity index (χ2n) is 3.27. The molecule has 0 bridgehead atoms. The van der Waals surface area contributed by atoms with E-state index in [2.05, 4.69) is 4.74 Å². The summed E-state index contributed by atoms with van der Waals surface area (Å²) in [5.41, 5.74) is 0. The van der Waals surface area contributed by atoms with Crippen LogP contribution in [0.2, 0.25) is 0 Å². The van der Waals surface area contributed by atoms with Crippen LogP contribution in [-0.2, 0) is 19.6 Å². The van der Waals surface area contributed by atoms with Gasteiger partial charge in [0, 0.05) is 13.1 Å². The molecule has 1 amide bonds. The van der Waals surface area contributed by atoms with E-state index in [1.165, 1.54) is 0 Å². The molecular formula is C7H11F2NO6S. The van der Waals surface area contributed by atoms with Crippen LogP contribution in [0.1, 0.15) is 0 Å². The van der Waals surface area contributed by atoms with Gasteiger partial charge >= 0.3 is 21.5 Å². The van der Waals surface area contributed by atoms with Crippen molar-refractivity contribution in [2.75, 3.05) is 32.9 Å². The molecule has 1 rings (SSSR count). The molecule has 0 aromatic heterocycles. The molecule has 0 saturated carbocycles. The third-order valence-electron chi connectivity index (χ3n) is 2.01. The van der Waals surface area contributed by atoms with Gasteiger partial charge in [-0.3, -0.25) is 4.55 Å². The summed E-state index contributed by atoms with van der Waals surface area (Å²) in [6.07, 6.45) is -1.07. The number of morpholine rings is 1. The maximum absolute atomic E-state index is 12.7. The van der Waals surface area contributed by atoms with Crippen molar-refractivity contribution in [2.24, 2.45) is 0 Å². The molecule has 0 unspecified atom stereocenters.